The summed E-state index contributed by atoms with van der Waals surface area (Å²) in [5.74, 6) is -6.40. The van der Waals surface area contributed by atoms with E-state index in [1.807, 2.05) is 0 Å². The molecule has 4 atom stereocenters. The Balaban J connectivity index is 3.10. The van der Waals surface area contributed by atoms with E-state index in [1.165, 1.54) is 0 Å². The van der Waals surface area contributed by atoms with Crippen LogP contribution in [0.5, 0.6) is 0 Å². The fraction of sp³-hybridized carbons (Fsp3) is 0.478. The van der Waals surface area contributed by atoms with Gasteiger partial charge in [-0.2, -0.15) is 0 Å². The van der Waals surface area contributed by atoms with Crippen LogP contribution < -0.4 is 33.2 Å². The second-order valence-electron chi connectivity index (χ2n) is 8.37. The van der Waals surface area contributed by atoms with E-state index in [0.29, 0.717) is 24.9 Å². The molecule has 0 aliphatic heterocycles. The fourth-order valence-electron chi connectivity index (χ4n) is 3.33. The number of carboxylic acid groups (broad SMARTS) is 2. The van der Waals surface area contributed by atoms with Crippen LogP contribution in [0.25, 0.3) is 0 Å². The molecule has 37 heavy (non-hydrogen) atoms. The lowest BCUT2D eigenvalue weighted by Gasteiger charge is -2.25. The summed E-state index contributed by atoms with van der Waals surface area (Å²) in [4.78, 5) is 72.2. The summed E-state index contributed by atoms with van der Waals surface area (Å²) < 4.78 is 0. The van der Waals surface area contributed by atoms with E-state index in [0.717, 1.165) is 0 Å². The normalized spacial score (nSPS) is 13.9. The maximum absolute atomic E-state index is 13.0. The number of aliphatic carboxylic acids is 2. The number of carbonyl (C=O) groups is 6. The molecule has 14 nitrogen and oxygen atoms in total. The van der Waals surface area contributed by atoms with E-state index in [1.54, 1.807) is 30.3 Å². The Labute approximate surface area is 213 Å². The Morgan fingerprint density at radius 3 is 1.89 bits per heavy atom. The standard InChI is InChI=1S/C23H34N6O8/c24-9-5-4-8-15(23(36)37)27-21(34)16(10-13-6-2-1-3-7-13)29-22(35)17(12-19(31)32)28-20(33)14(25)11-18(26)30/h1-3,6-7,14-17H,4-5,8-12,24-25H2,(H2,26,30)(H,27,34)(H,28,33)(H,29,35)(H,31,32)(H,36,37). The molecule has 0 saturated heterocycles. The highest BCUT2D eigenvalue weighted by molar-refractivity contribution is 5.96. The lowest BCUT2D eigenvalue weighted by Crippen LogP contribution is -2.58. The molecule has 11 N–H and O–H groups in total. The largest absolute Gasteiger partial charge is 0.481 e. The van der Waals surface area contributed by atoms with Crippen molar-refractivity contribution < 1.29 is 39.0 Å². The maximum Gasteiger partial charge on any atom is 0.326 e. The minimum absolute atomic E-state index is 0.0531. The smallest absolute Gasteiger partial charge is 0.326 e. The van der Waals surface area contributed by atoms with Crippen molar-refractivity contribution in [1.29, 1.82) is 0 Å². The van der Waals surface area contributed by atoms with Crippen LogP contribution in [0, 0.1) is 0 Å². The van der Waals surface area contributed by atoms with Crippen LogP contribution >= 0.6 is 0 Å². The number of nitrogens with one attached hydrogen (secondary N) is 3. The Hall–Kier alpha value is -4.04. The van der Waals surface area contributed by atoms with E-state index < -0.39 is 72.6 Å². The lowest BCUT2D eigenvalue weighted by atomic mass is 10.0. The average molecular weight is 523 g/mol. The third-order valence-electron chi connectivity index (χ3n) is 5.25. The van der Waals surface area contributed by atoms with Crippen molar-refractivity contribution in [2.24, 2.45) is 17.2 Å². The molecule has 0 saturated carbocycles. The molecule has 204 valence electrons. The van der Waals surface area contributed by atoms with Gasteiger partial charge < -0.3 is 43.4 Å². The minimum Gasteiger partial charge on any atom is -0.481 e. The van der Waals surface area contributed by atoms with Gasteiger partial charge in [-0.25, -0.2) is 4.79 Å². The average Bonchev–Trinajstić information content (AvgIpc) is 2.82. The first-order chi connectivity index (χ1) is 17.4. The number of primary amides is 1. The van der Waals surface area contributed by atoms with Crippen LogP contribution in [0.3, 0.4) is 0 Å². The van der Waals surface area contributed by atoms with Crippen LogP contribution in [0.15, 0.2) is 30.3 Å². The first-order valence-electron chi connectivity index (χ1n) is 11.6. The first kappa shape index (κ1) is 31.0. The molecule has 1 aromatic rings. The highest BCUT2D eigenvalue weighted by Crippen LogP contribution is 2.07. The Kier molecular flexibility index (Phi) is 13.3. The third kappa shape index (κ3) is 12.0. The summed E-state index contributed by atoms with van der Waals surface area (Å²) in [5.41, 5.74) is 16.6. The zero-order chi connectivity index (χ0) is 28.0. The number of hydrogen-bond donors (Lipinski definition) is 8. The Morgan fingerprint density at radius 2 is 1.35 bits per heavy atom. The lowest BCUT2D eigenvalue weighted by molar-refractivity contribution is -0.143. The van der Waals surface area contributed by atoms with Crippen molar-refractivity contribution in [1.82, 2.24) is 16.0 Å². The molecule has 0 aliphatic carbocycles. The molecule has 1 aromatic carbocycles. The molecule has 0 heterocycles. The van der Waals surface area contributed by atoms with Gasteiger partial charge in [0.2, 0.25) is 23.6 Å². The number of amides is 4. The van der Waals surface area contributed by atoms with Crippen molar-refractivity contribution >= 4 is 35.6 Å². The molecule has 0 bridgehead atoms. The molecule has 0 aliphatic rings. The second-order valence-corrected chi connectivity index (χ2v) is 8.37. The van der Waals surface area contributed by atoms with Gasteiger partial charge in [0.15, 0.2) is 0 Å². The van der Waals surface area contributed by atoms with E-state index in [2.05, 4.69) is 16.0 Å². The second kappa shape index (κ2) is 15.9. The zero-order valence-corrected chi connectivity index (χ0v) is 20.2. The van der Waals surface area contributed by atoms with Crippen LogP contribution in [0.2, 0.25) is 0 Å². The van der Waals surface area contributed by atoms with Gasteiger partial charge in [0.1, 0.15) is 18.1 Å². The van der Waals surface area contributed by atoms with Gasteiger partial charge in [0.05, 0.1) is 18.9 Å². The quantitative estimate of drug-likeness (QED) is 0.100. The van der Waals surface area contributed by atoms with Crippen molar-refractivity contribution in [3.63, 3.8) is 0 Å². The van der Waals surface area contributed by atoms with E-state index in [-0.39, 0.29) is 12.8 Å². The molecule has 0 spiro atoms. The zero-order valence-electron chi connectivity index (χ0n) is 20.2. The number of nitrogens with two attached hydrogens (primary N) is 3. The van der Waals surface area contributed by atoms with Crippen molar-refractivity contribution in [2.75, 3.05) is 6.54 Å². The molecule has 14 heteroatoms. The highest BCUT2D eigenvalue weighted by atomic mass is 16.4. The summed E-state index contributed by atoms with van der Waals surface area (Å²) in [5, 5.41) is 25.6. The fourth-order valence-corrected chi connectivity index (χ4v) is 3.33. The molecule has 0 fully saturated rings. The maximum atomic E-state index is 13.0. The van der Waals surface area contributed by atoms with Gasteiger partial charge in [-0.3, -0.25) is 24.0 Å². The molecule has 4 amide bonds. The van der Waals surface area contributed by atoms with Gasteiger partial charge in [-0.05, 0) is 31.4 Å². The van der Waals surface area contributed by atoms with Crippen molar-refractivity contribution in [3.05, 3.63) is 35.9 Å². The van der Waals surface area contributed by atoms with Crippen molar-refractivity contribution in [3.8, 4) is 0 Å². The Morgan fingerprint density at radius 1 is 0.784 bits per heavy atom. The van der Waals surface area contributed by atoms with E-state index in [4.69, 9.17) is 17.2 Å². The monoisotopic (exact) mass is 522 g/mol. The molecule has 0 radical (unpaired) electrons. The topological polar surface area (TPSA) is 257 Å². The van der Waals surface area contributed by atoms with Gasteiger partial charge in [-0.1, -0.05) is 30.3 Å². The van der Waals surface area contributed by atoms with Crippen molar-refractivity contribution in [2.45, 2.75) is 62.7 Å². The minimum atomic E-state index is -1.64. The Bertz CT molecular complexity index is 958. The number of benzene rings is 1. The van der Waals surface area contributed by atoms with Gasteiger partial charge in [0, 0.05) is 6.42 Å². The van der Waals surface area contributed by atoms with Gasteiger partial charge >= 0.3 is 11.9 Å². The third-order valence-corrected chi connectivity index (χ3v) is 5.25. The molecular formula is C23H34N6O8. The number of unbranched alkanes of at least 4 members (excludes halogenated alkanes) is 1. The summed E-state index contributed by atoms with van der Waals surface area (Å²) in [6.45, 7) is 0.354. The molecule has 1 rings (SSSR count). The number of hydrogen-bond acceptors (Lipinski definition) is 8. The first-order valence-corrected chi connectivity index (χ1v) is 11.6. The predicted molar refractivity (Wildman–Crippen MR) is 131 cm³/mol. The van der Waals surface area contributed by atoms with Gasteiger partial charge in [-0.15, -0.1) is 0 Å². The summed E-state index contributed by atoms with van der Waals surface area (Å²) in [6.07, 6.45) is -0.327. The predicted octanol–water partition coefficient (Wildman–Crippen LogP) is -2.43. The van der Waals surface area contributed by atoms with E-state index >= 15 is 0 Å². The van der Waals surface area contributed by atoms with Crippen LogP contribution in [0.1, 0.15) is 37.7 Å². The molecular weight excluding hydrogens is 488 g/mol. The van der Waals surface area contributed by atoms with Gasteiger partial charge in [0.25, 0.3) is 0 Å². The summed E-state index contributed by atoms with van der Waals surface area (Å²) >= 11 is 0. The number of carbonyl (C=O) groups excluding carboxylic acids is 4. The molecule has 4 unspecified atom stereocenters. The summed E-state index contributed by atoms with van der Waals surface area (Å²) in [7, 11) is 0. The highest BCUT2D eigenvalue weighted by Gasteiger charge is 2.31. The molecule has 0 aromatic heterocycles. The number of rotatable bonds is 17. The summed E-state index contributed by atoms with van der Waals surface area (Å²) in [6, 6.07) is 2.89. The number of carboxylic acids is 2. The van der Waals surface area contributed by atoms with Crippen LogP contribution in [-0.2, 0) is 35.2 Å². The van der Waals surface area contributed by atoms with E-state index in [9.17, 15) is 39.0 Å². The van der Waals surface area contributed by atoms with Crippen LogP contribution in [-0.4, -0.2) is 76.5 Å². The van der Waals surface area contributed by atoms with Crippen LogP contribution in [0.4, 0.5) is 0 Å². The SMILES string of the molecule is NCCCCC(NC(=O)C(Cc1ccccc1)NC(=O)C(CC(=O)O)NC(=O)C(N)CC(N)=O)C(=O)O.